The number of benzene rings is 1. The van der Waals surface area contributed by atoms with Crippen LogP contribution in [0.2, 0.25) is 0 Å². The van der Waals surface area contributed by atoms with Gasteiger partial charge in [0, 0.05) is 37.5 Å². The van der Waals surface area contributed by atoms with Crippen LogP contribution < -0.4 is 4.74 Å². The lowest BCUT2D eigenvalue weighted by molar-refractivity contribution is -0.133. The lowest BCUT2D eigenvalue weighted by Crippen LogP contribution is -2.51. The van der Waals surface area contributed by atoms with Gasteiger partial charge in [0.2, 0.25) is 5.91 Å². The molecule has 0 unspecified atom stereocenters. The first-order chi connectivity index (χ1) is 13.2. The zero-order chi connectivity index (χ0) is 18.8. The molecule has 6 heteroatoms. The summed E-state index contributed by atoms with van der Waals surface area (Å²) in [4.78, 5) is 30.3. The Morgan fingerprint density at radius 2 is 2.15 bits per heavy atom. The van der Waals surface area contributed by atoms with Gasteiger partial charge in [-0.25, -0.2) is 0 Å². The van der Waals surface area contributed by atoms with Gasteiger partial charge in [-0.2, -0.15) is 0 Å². The Hall–Kier alpha value is -2.60. The quantitative estimate of drug-likeness (QED) is 0.765. The van der Waals surface area contributed by atoms with Crippen LogP contribution >= 0.6 is 11.3 Å². The molecular weight excluding hydrogens is 360 g/mol. The number of carbonyl (C=O) groups excluding carboxylic acids is 2. The number of thiophene rings is 1. The van der Waals surface area contributed by atoms with Crippen LogP contribution in [-0.4, -0.2) is 47.9 Å². The largest absolute Gasteiger partial charge is 0.493 e. The number of rotatable bonds is 3. The van der Waals surface area contributed by atoms with E-state index in [-0.39, 0.29) is 23.8 Å². The fourth-order valence-electron chi connectivity index (χ4n) is 3.97. The maximum absolute atomic E-state index is 13.3. The lowest BCUT2D eigenvalue weighted by Gasteiger charge is -2.44. The van der Waals surface area contributed by atoms with Crippen molar-refractivity contribution in [3.63, 3.8) is 0 Å². The summed E-state index contributed by atoms with van der Waals surface area (Å²) < 4.78 is 5.97. The van der Waals surface area contributed by atoms with E-state index in [9.17, 15) is 9.59 Å². The van der Waals surface area contributed by atoms with Crippen LogP contribution in [0.15, 0.2) is 54.4 Å². The molecule has 2 amide bonds. The van der Waals surface area contributed by atoms with Crippen molar-refractivity contribution < 1.29 is 14.3 Å². The molecule has 1 fully saturated rings. The molecule has 0 aliphatic carbocycles. The topological polar surface area (TPSA) is 49.9 Å². The number of hydrogen-bond donors (Lipinski definition) is 0. The SMILES string of the molecule is C=CCN1C[C@H]2COc3ccccc3[C@H]2N(C(=O)c2cccs2)CCC1=O. The first kappa shape index (κ1) is 17.8. The van der Waals surface area contributed by atoms with E-state index in [1.165, 1.54) is 11.3 Å². The highest BCUT2D eigenvalue weighted by atomic mass is 32.1. The molecule has 5 nitrogen and oxygen atoms in total. The summed E-state index contributed by atoms with van der Waals surface area (Å²) in [7, 11) is 0. The van der Waals surface area contributed by atoms with Crippen LogP contribution in [0, 0.1) is 5.92 Å². The van der Waals surface area contributed by atoms with Crippen molar-refractivity contribution in [3.05, 3.63) is 64.9 Å². The van der Waals surface area contributed by atoms with Gasteiger partial charge in [0.15, 0.2) is 0 Å². The highest BCUT2D eigenvalue weighted by Gasteiger charge is 2.41. The van der Waals surface area contributed by atoms with Crippen LogP contribution in [-0.2, 0) is 4.79 Å². The lowest BCUT2D eigenvalue weighted by atomic mass is 9.87. The van der Waals surface area contributed by atoms with E-state index >= 15 is 0 Å². The van der Waals surface area contributed by atoms with E-state index in [0.29, 0.717) is 37.5 Å². The third kappa shape index (κ3) is 3.37. The van der Waals surface area contributed by atoms with E-state index in [0.717, 1.165) is 11.3 Å². The predicted octanol–water partition coefficient (Wildman–Crippen LogP) is 3.36. The van der Waals surface area contributed by atoms with Gasteiger partial charge in [0.25, 0.3) is 5.91 Å². The standard InChI is InChI=1S/C21H22N2O3S/c1-2-10-22-13-15-14-26-17-7-4-3-6-16(17)20(15)23(11-9-19(22)24)21(25)18-8-5-12-27-18/h2-8,12,15,20H,1,9-11,13-14H2/t15-,20-/m0/s1. The third-order valence-corrected chi connectivity index (χ3v) is 6.05. The summed E-state index contributed by atoms with van der Waals surface area (Å²) in [5, 5.41) is 1.91. The van der Waals surface area contributed by atoms with E-state index in [1.807, 2.05) is 51.6 Å². The molecule has 1 aromatic carbocycles. The van der Waals surface area contributed by atoms with E-state index < -0.39 is 0 Å². The Morgan fingerprint density at radius 1 is 1.30 bits per heavy atom. The summed E-state index contributed by atoms with van der Waals surface area (Å²) in [6, 6.07) is 11.5. The summed E-state index contributed by atoms with van der Waals surface area (Å²) >= 11 is 1.44. The average Bonchev–Trinajstić information content (AvgIpc) is 3.22. The predicted molar refractivity (Wildman–Crippen MR) is 105 cm³/mol. The number of carbonyl (C=O) groups is 2. The van der Waals surface area contributed by atoms with Crippen molar-refractivity contribution in [2.75, 3.05) is 26.2 Å². The second kappa shape index (κ2) is 7.56. The Morgan fingerprint density at radius 3 is 2.93 bits per heavy atom. The van der Waals surface area contributed by atoms with Gasteiger partial charge < -0.3 is 14.5 Å². The average molecular weight is 382 g/mol. The minimum atomic E-state index is -0.107. The minimum absolute atomic E-state index is 0.0123. The summed E-state index contributed by atoms with van der Waals surface area (Å²) in [6.45, 7) is 5.73. The second-order valence-corrected chi connectivity index (χ2v) is 7.81. The molecule has 2 aromatic rings. The minimum Gasteiger partial charge on any atom is -0.493 e. The van der Waals surface area contributed by atoms with Crippen molar-refractivity contribution >= 4 is 23.2 Å². The first-order valence-corrected chi connectivity index (χ1v) is 10.0. The number of nitrogens with zero attached hydrogens (tertiary/aromatic N) is 2. The molecule has 0 bridgehead atoms. The van der Waals surface area contributed by atoms with Crippen LogP contribution in [0.25, 0.3) is 0 Å². The van der Waals surface area contributed by atoms with E-state index in [2.05, 4.69) is 6.58 Å². The fraction of sp³-hybridized carbons (Fsp3) is 0.333. The monoisotopic (exact) mass is 382 g/mol. The molecule has 2 aliphatic rings. The molecule has 0 radical (unpaired) electrons. The van der Waals surface area contributed by atoms with E-state index in [1.54, 1.807) is 6.08 Å². The molecule has 1 aromatic heterocycles. The summed E-state index contributed by atoms with van der Waals surface area (Å²) in [6.07, 6.45) is 2.07. The molecule has 1 saturated heterocycles. The van der Waals surface area contributed by atoms with Crippen LogP contribution in [0.5, 0.6) is 5.75 Å². The van der Waals surface area contributed by atoms with Crippen molar-refractivity contribution in [1.29, 1.82) is 0 Å². The zero-order valence-corrected chi connectivity index (χ0v) is 15.9. The van der Waals surface area contributed by atoms with Crippen molar-refractivity contribution in [2.24, 2.45) is 5.92 Å². The van der Waals surface area contributed by atoms with Gasteiger partial charge in [0.05, 0.1) is 17.5 Å². The molecule has 0 saturated carbocycles. The number of fused-ring (bicyclic) bond motifs is 3. The second-order valence-electron chi connectivity index (χ2n) is 6.87. The maximum atomic E-state index is 13.3. The summed E-state index contributed by atoms with van der Waals surface area (Å²) in [5.41, 5.74) is 1.02. The molecule has 2 atom stereocenters. The van der Waals surface area contributed by atoms with Gasteiger partial charge in [-0.1, -0.05) is 30.3 Å². The maximum Gasteiger partial charge on any atom is 0.264 e. The number of hydrogen-bond acceptors (Lipinski definition) is 4. The Bertz CT molecular complexity index is 849. The fourth-order valence-corrected chi connectivity index (χ4v) is 4.65. The molecule has 140 valence electrons. The van der Waals surface area contributed by atoms with Crippen LogP contribution in [0.3, 0.4) is 0 Å². The van der Waals surface area contributed by atoms with Crippen molar-refractivity contribution in [3.8, 4) is 5.75 Å². The zero-order valence-electron chi connectivity index (χ0n) is 15.0. The molecule has 0 spiro atoms. The smallest absolute Gasteiger partial charge is 0.264 e. The Balaban J connectivity index is 1.75. The normalized spacial score (nSPS) is 22.1. The van der Waals surface area contributed by atoms with Gasteiger partial charge in [0.1, 0.15) is 5.75 Å². The Kier molecular flexibility index (Phi) is 4.99. The van der Waals surface area contributed by atoms with Gasteiger partial charge in [-0.15, -0.1) is 17.9 Å². The highest BCUT2D eigenvalue weighted by molar-refractivity contribution is 7.12. The molecule has 4 rings (SSSR count). The van der Waals surface area contributed by atoms with Crippen LogP contribution in [0.4, 0.5) is 0 Å². The highest BCUT2D eigenvalue weighted by Crippen LogP contribution is 2.41. The number of amides is 2. The molecule has 27 heavy (non-hydrogen) atoms. The van der Waals surface area contributed by atoms with Gasteiger partial charge in [-0.3, -0.25) is 9.59 Å². The van der Waals surface area contributed by atoms with Crippen LogP contribution in [0.1, 0.15) is 27.7 Å². The number of para-hydroxylation sites is 1. The Labute approximate surface area is 162 Å². The van der Waals surface area contributed by atoms with Gasteiger partial charge >= 0.3 is 0 Å². The third-order valence-electron chi connectivity index (χ3n) is 5.19. The van der Waals surface area contributed by atoms with Crippen molar-refractivity contribution in [1.82, 2.24) is 9.80 Å². The number of ether oxygens (including phenoxy) is 1. The first-order valence-electron chi connectivity index (χ1n) is 9.14. The molecule has 0 N–H and O–H groups in total. The summed E-state index contributed by atoms with van der Waals surface area (Å²) in [5.74, 6) is 0.885. The van der Waals surface area contributed by atoms with E-state index in [4.69, 9.17) is 4.74 Å². The molecule has 2 aliphatic heterocycles. The van der Waals surface area contributed by atoms with Gasteiger partial charge in [-0.05, 0) is 17.5 Å². The molecular formula is C21H22N2O3S. The van der Waals surface area contributed by atoms with Crippen molar-refractivity contribution in [2.45, 2.75) is 12.5 Å². The molecule has 3 heterocycles.